The SMILES string of the molecule is CC[C@H]1COC(=O)N1c1nc(N[C@@H](C)c2ccc(Oc3ccccc3)cc2)nc(C(=O)OC)n1. The van der Waals surface area contributed by atoms with Crippen LogP contribution in [0.5, 0.6) is 11.5 Å². The third-order valence-electron chi connectivity index (χ3n) is 5.34. The highest BCUT2D eigenvalue weighted by Crippen LogP contribution is 2.26. The van der Waals surface area contributed by atoms with Gasteiger partial charge in [-0.2, -0.15) is 15.0 Å². The number of anilines is 2. The van der Waals surface area contributed by atoms with Crippen molar-refractivity contribution in [2.45, 2.75) is 32.4 Å². The molecule has 176 valence electrons. The van der Waals surface area contributed by atoms with Crippen LogP contribution in [-0.4, -0.2) is 46.8 Å². The molecule has 10 heteroatoms. The van der Waals surface area contributed by atoms with Crippen LogP contribution in [0.2, 0.25) is 0 Å². The first-order chi connectivity index (χ1) is 16.5. The van der Waals surface area contributed by atoms with Gasteiger partial charge in [-0.1, -0.05) is 37.3 Å². The molecule has 4 rings (SSSR count). The van der Waals surface area contributed by atoms with Crippen molar-refractivity contribution in [3.8, 4) is 11.5 Å². The summed E-state index contributed by atoms with van der Waals surface area (Å²) in [6, 6.07) is 16.6. The maximum Gasteiger partial charge on any atom is 0.417 e. The Kier molecular flexibility index (Phi) is 6.86. The molecule has 1 N–H and O–H groups in total. The third-order valence-corrected chi connectivity index (χ3v) is 5.34. The van der Waals surface area contributed by atoms with Gasteiger partial charge in [-0.05, 0) is 43.2 Å². The molecule has 0 bridgehead atoms. The zero-order chi connectivity index (χ0) is 24.1. The average molecular weight is 463 g/mol. The second-order valence-corrected chi connectivity index (χ2v) is 7.63. The fourth-order valence-corrected chi connectivity index (χ4v) is 3.45. The van der Waals surface area contributed by atoms with E-state index in [2.05, 4.69) is 20.3 Å². The number of hydrogen-bond acceptors (Lipinski definition) is 9. The Morgan fingerprint density at radius 1 is 1.12 bits per heavy atom. The van der Waals surface area contributed by atoms with Gasteiger partial charge < -0.3 is 19.5 Å². The van der Waals surface area contributed by atoms with Gasteiger partial charge in [-0.15, -0.1) is 0 Å². The number of para-hydroxylation sites is 1. The van der Waals surface area contributed by atoms with E-state index < -0.39 is 12.1 Å². The molecule has 10 nitrogen and oxygen atoms in total. The second kappa shape index (κ2) is 10.2. The quantitative estimate of drug-likeness (QED) is 0.486. The van der Waals surface area contributed by atoms with Crippen molar-refractivity contribution in [3.63, 3.8) is 0 Å². The largest absolute Gasteiger partial charge is 0.463 e. The number of carbonyl (C=O) groups is 2. The molecular formula is C24H25N5O5. The van der Waals surface area contributed by atoms with Crippen LogP contribution in [0.15, 0.2) is 54.6 Å². The van der Waals surface area contributed by atoms with E-state index in [1.54, 1.807) is 0 Å². The Labute approximate surface area is 196 Å². The molecule has 0 spiro atoms. The van der Waals surface area contributed by atoms with Gasteiger partial charge >= 0.3 is 12.1 Å². The Morgan fingerprint density at radius 3 is 2.50 bits per heavy atom. The standard InChI is InChI=1S/C24H25N5O5/c1-4-17-14-33-24(31)29(17)23-27-20(21(30)32-3)26-22(28-23)25-15(2)16-10-12-19(13-11-16)34-18-8-6-5-7-9-18/h5-13,15,17H,4,14H2,1-3H3,(H,25,26,27,28)/t15-,17-/m0/s1. The monoisotopic (exact) mass is 463 g/mol. The minimum absolute atomic E-state index is 0.0334. The number of rotatable bonds is 8. The molecule has 1 aliphatic rings. The first-order valence-corrected chi connectivity index (χ1v) is 10.9. The number of aromatic nitrogens is 3. The summed E-state index contributed by atoms with van der Waals surface area (Å²) in [4.78, 5) is 38.5. The van der Waals surface area contributed by atoms with E-state index in [0.717, 1.165) is 11.3 Å². The number of benzene rings is 2. The first-order valence-electron chi connectivity index (χ1n) is 10.9. The number of nitrogens with zero attached hydrogens (tertiary/aromatic N) is 4. The lowest BCUT2D eigenvalue weighted by atomic mass is 10.1. The molecule has 0 radical (unpaired) electrons. The summed E-state index contributed by atoms with van der Waals surface area (Å²) in [6.07, 6.45) is 0.0727. The van der Waals surface area contributed by atoms with Crippen LogP contribution in [0.1, 0.15) is 42.5 Å². The predicted molar refractivity (Wildman–Crippen MR) is 124 cm³/mol. The summed E-state index contributed by atoms with van der Waals surface area (Å²) in [6.45, 7) is 4.08. The van der Waals surface area contributed by atoms with Crippen LogP contribution in [0.25, 0.3) is 0 Å². The van der Waals surface area contributed by atoms with Crippen molar-refractivity contribution in [1.29, 1.82) is 0 Å². The van der Waals surface area contributed by atoms with E-state index in [-0.39, 0.29) is 36.4 Å². The lowest BCUT2D eigenvalue weighted by molar-refractivity contribution is 0.0586. The fourth-order valence-electron chi connectivity index (χ4n) is 3.45. The maximum absolute atomic E-state index is 12.3. The summed E-state index contributed by atoms with van der Waals surface area (Å²) in [5.41, 5.74) is 0.939. The number of cyclic esters (lactones) is 1. The van der Waals surface area contributed by atoms with Crippen molar-refractivity contribution in [3.05, 3.63) is 66.0 Å². The second-order valence-electron chi connectivity index (χ2n) is 7.63. The van der Waals surface area contributed by atoms with Crippen LogP contribution in [-0.2, 0) is 9.47 Å². The Balaban J connectivity index is 1.55. The van der Waals surface area contributed by atoms with Crippen molar-refractivity contribution in [1.82, 2.24) is 15.0 Å². The van der Waals surface area contributed by atoms with Gasteiger partial charge in [0.2, 0.25) is 17.7 Å². The molecule has 3 aromatic rings. The highest BCUT2D eigenvalue weighted by molar-refractivity contribution is 5.90. The molecule has 0 saturated carbocycles. The van der Waals surface area contributed by atoms with Crippen LogP contribution in [0.4, 0.5) is 16.7 Å². The van der Waals surface area contributed by atoms with Gasteiger partial charge in [0.25, 0.3) is 0 Å². The van der Waals surface area contributed by atoms with Gasteiger partial charge in [-0.25, -0.2) is 14.5 Å². The molecule has 1 amide bonds. The van der Waals surface area contributed by atoms with E-state index in [1.165, 1.54) is 12.0 Å². The number of hydrogen-bond donors (Lipinski definition) is 1. The zero-order valence-electron chi connectivity index (χ0n) is 19.1. The van der Waals surface area contributed by atoms with Gasteiger partial charge in [-0.3, -0.25) is 0 Å². The van der Waals surface area contributed by atoms with Crippen LogP contribution in [0.3, 0.4) is 0 Å². The number of methoxy groups -OCH3 is 1. The Hall–Kier alpha value is -4.21. The molecule has 1 aromatic heterocycles. The van der Waals surface area contributed by atoms with E-state index in [0.29, 0.717) is 12.2 Å². The molecule has 2 atom stereocenters. The van der Waals surface area contributed by atoms with Gasteiger partial charge in [0, 0.05) is 0 Å². The fraction of sp³-hybridized carbons (Fsp3) is 0.292. The molecule has 1 aliphatic heterocycles. The zero-order valence-corrected chi connectivity index (χ0v) is 19.1. The van der Waals surface area contributed by atoms with Crippen molar-refractivity contribution in [2.24, 2.45) is 0 Å². The molecule has 2 heterocycles. The first kappa shape index (κ1) is 23.0. The molecule has 0 unspecified atom stereocenters. The summed E-state index contributed by atoms with van der Waals surface area (Å²) in [7, 11) is 1.24. The highest BCUT2D eigenvalue weighted by Gasteiger charge is 2.36. The minimum atomic E-state index is -0.734. The van der Waals surface area contributed by atoms with E-state index >= 15 is 0 Å². The third kappa shape index (κ3) is 5.06. The lowest BCUT2D eigenvalue weighted by Crippen LogP contribution is -2.35. The smallest absolute Gasteiger partial charge is 0.417 e. The molecule has 34 heavy (non-hydrogen) atoms. The van der Waals surface area contributed by atoms with E-state index in [1.807, 2.05) is 68.4 Å². The molecular weight excluding hydrogens is 438 g/mol. The van der Waals surface area contributed by atoms with E-state index in [4.69, 9.17) is 14.2 Å². The summed E-state index contributed by atoms with van der Waals surface area (Å²) in [5.74, 6) is 0.685. The predicted octanol–water partition coefficient (Wildman–Crippen LogP) is 4.36. The Morgan fingerprint density at radius 2 is 1.82 bits per heavy atom. The van der Waals surface area contributed by atoms with Crippen molar-refractivity contribution in [2.75, 3.05) is 23.9 Å². The molecule has 0 aliphatic carbocycles. The summed E-state index contributed by atoms with van der Waals surface area (Å²) < 4.78 is 15.7. The van der Waals surface area contributed by atoms with Crippen LogP contribution >= 0.6 is 0 Å². The molecule has 2 aromatic carbocycles. The lowest BCUT2D eigenvalue weighted by Gasteiger charge is -2.20. The number of ether oxygens (including phenoxy) is 3. The van der Waals surface area contributed by atoms with Crippen LogP contribution < -0.4 is 15.0 Å². The van der Waals surface area contributed by atoms with Crippen molar-refractivity contribution >= 4 is 24.0 Å². The van der Waals surface area contributed by atoms with Crippen LogP contribution in [0, 0.1) is 0 Å². The van der Waals surface area contributed by atoms with Crippen molar-refractivity contribution < 1.29 is 23.8 Å². The van der Waals surface area contributed by atoms with Gasteiger partial charge in [0.05, 0.1) is 19.2 Å². The average Bonchev–Trinajstić information content (AvgIpc) is 3.24. The Bertz CT molecular complexity index is 1160. The van der Waals surface area contributed by atoms with Gasteiger partial charge in [0.15, 0.2) is 0 Å². The molecule has 1 fully saturated rings. The highest BCUT2D eigenvalue weighted by atomic mass is 16.6. The minimum Gasteiger partial charge on any atom is -0.463 e. The topological polar surface area (TPSA) is 116 Å². The number of carbonyl (C=O) groups excluding carboxylic acids is 2. The summed E-state index contributed by atoms with van der Waals surface area (Å²) >= 11 is 0. The van der Waals surface area contributed by atoms with E-state index in [9.17, 15) is 9.59 Å². The number of amides is 1. The normalized spacial score (nSPS) is 16.0. The maximum atomic E-state index is 12.3. The van der Waals surface area contributed by atoms with Gasteiger partial charge in [0.1, 0.15) is 18.1 Å². The number of nitrogens with one attached hydrogen (secondary N) is 1. The number of esters is 1. The summed E-state index contributed by atoms with van der Waals surface area (Å²) in [5, 5.41) is 3.17. The molecule has 1 saturated heterocycles.